The molecular weight excluding hydrogens is 292 g/mol. The van der Waals surface area contributed by atoms with Gasteiger partial charge in [0.2, 0.25) is 0 Å². The lowest BCUT2D eigenvalue weighted by molar-refractivity contribution is 0.170. The Balaban J connectivity index is 2.63. The van der Waals surface area contributed by atoms with Crippen LogP contribution in [-0.2, 0) is 14.6 Å². The summed E-state index contributed by atoms with van der Waals surface area (Å²) in [5, 5.41) is 5.53. The molecule has 21 heavy (non-hydrogen) atoms. The van der Waals surface area contributed by atoms with Gasteiger partial charge in [0.15, 0.2) is 9.84 Å². The van der Waals surface area contributed by atoms with Crippen LogP contribution in [0, 0.1) is 0 Å². The Morgan fingerprint density at radius 1 is 1.19 bits per heavy atom. The fraction of sp³-hybridized carbons (Fsp3) is 0.500. The van der Waals surface area contributed by atoms with E-state index in [2.05, 4.69) is 10.6 Å². The van der Waals surface area contributed by atoms with Crippen LogP contribution in [0.1, 0.15) is 25.5 Å². The van der Waals surface area contributed by atoms with Gasteiger partial charge in [-0.25, -0.2) is 13.2 Å². The average molecular weight is 314 g/mol. The van der Waals surface area contributed by atoms with Crippen LogP contribution in [-0.4, -0.2) is 40.5 Å². The summed E-state index contributed by atoms with van der Waals surface area (Å²) in [5.41, 5.74) is 0.831. The molecule has 0 bridgehead atoms. The number of methoxy groups -OCH3 is 1. The van der Waals surface area contributed by atoms with E-state index in [9.17, 15) is 13.2 Å². The van der Waals surface area contributed by atoms with Gasteiger partial charge in [0, 0.05) is 13.4 Å². The van der Waals surface area contributed by atoms with Gasteiger partial charge in [-0.1, -0.05) is 12.1 Å². The predicted octanol–water partition coefficient (Wildman–Crippen LogP) is 1.49. The van der Waals surface area contributed by atoms with Crippen molar-refractivity contribution < 1.29 is 17.9 Å². The summed E-state index contributed by atoms with van der Waals surface area (Å²) in [7, 11) is -1.63. The molecule has 1 rings (SSSR count). The lowest BCUT2D eigenvalue weighted by Gasteiger charge is -2.18. The van der Waals surface area contributed by atoms with Crippen molar-refractivity contribution >= 4 is 15.9 Å². The summed E-state index contributed by atoms with van der Waals surface area (Å²) in [6.45, 7) is 4.11. The molecule has 0 aliphatic carbocycles. The molecule has 0 saturated carbocycles. The maximum Gasteiger partial charge on any atom is 0.315 e. The summed E-state index contributed by atoms with van der Waals surface area (Å²) >= 11 is 0. The number of amides is 2. The summed E-state index contributed by atoms with van der Waals surface area (Å²) in [4.78, 5) is 12.0. The molecule has 1 aromatic rings. The minimum absolute atomic E-state index is 0.0881. The highest BCUT2D eigenvalue weighted by Gasteiger charge is 2.13. The van der Waals surface area contributed by atoms with Crippen LogP contribution in [0.5, 0.6) is 0 Å². The molecule has 2 N–H and O–H groups in total. The Morgan fingerprint density at radius 2 is 1.76 bits per heavy atom. The number of carbonyl (C=O) groups is 1. The molecule has 118 valence electrons. The second-order valence-corrected chi connectivity index (χ2v) is 7.05. The van der Waals surface area contributed by atoms with Gasteiger partial charge in [-0.05, 0) is 31.5 Å². The summed E-state index contributed by atoms with van der Waals surface area (Å²) < 4.78 is 27.7. The normalized spacial score (nSPS) is 14.3. The minimum Gasteiger partial charge on any atom is -0.383 e. The van der Waals surface area contributed by atoms with E-state index in [-0.39, 0.29) is 23.0 Å². The molecule has 6 nitrogen and oxygen atoms in total. The zero-order valence-corrected chi connectivity index (χ0v) is 13.5. The fourth-order valence-electron chi connectivity index (χ4n) is 1.84. The zero-order valence-electron chi connectivity index (χ0n) is 12.7. The van der Waals surface area contributed by atoms with E-state index < -0.39 is 9.84 Å². The lowest BCUT2D eigenvalue weighted by Crippen LogP contribution is -2.43. The number of rotatable bonds is 6. The minimum atomic E-state index is -3.20. The maximum atomic E-state index is 11.8. The molecule has 1 aromatic carbocycles. The molecule has 0 aromatic heterocycles. The van der Waals surface area contributed by atoms with Crippen molar-refractivity contribution in [1.82, 2.24) is 10.6 Å². The van der Waals surface area contributed by atoms with Crippen molar-refractivity contribution in [3.05, 3.63) is 29.8 Å². The first-order chi connectivity index (χ1) is 9.74. The van der Waals surface area contributed by atoms with E-state index in [0.717, 1.165) is 11.8 Å². The molecule has 0 spiro atoms. The predicted molar refractivity (Wildman–Crippen MR) is 81.0 cm³/mol. The van der Waals surface area contributed by atoms with Crippen molar-refractivity contribution in [2.24, 2.45) is 0 Å². The number of nitrogens with one attached hydrogen (secondary N) is 2. The van der Waals surface area contributed by atoms with Gasteiger partial charge in [0.05, 0.1) is 23.6 Å². The topological polar surface area (TPSA) is 84.5 Å². The fourth-order valence-corrected chi connectivity index (χ4v) is 2.47. The molecule has 2 unspecified atom stereocenters. The van der Waals surface area contributed by atoms with Gasteiger partial charge >= 0.3 is 6.03 Å². The molecule has 0 heterocycles. The molecule has 0 fully saturated rings. The largest absolute Gasteiger partial charge is 0.383 e. The van der Waals surface area contributed by atoms with E-state index in [1.807, 2.05) is 13.8 Å². The van der Waals surface area contributed by atoms with Crippen LogP contribution in [0.2, 0.25) is 0 Å². The number of carbonyl (C=O) groups excluding carboxylic acids is 1. The van der Waals surface area contributed by atoms with Crippen LogP contribution in [0.3, 0.4) is 0 Å². The molecule has 7 heteroatoms. The summed E-state index contributed by atoms with van der Waals surface area (Å²) in [5.74, 6) is 0. The zero-order chi connectivity index (χ0) is 16.0. The second-order valence-electron chi connectivity index (χ2n) is 5.04. The first-order valence-electron chi connectivity index (χ1n) is 6.60. The van der Waals surface area contributed by atoms with E-state index in [4.69, 9.17) is 4.74 Å². The highest BCUT2D eigenvalue weighted by Crippen LogP contribution is 2.16. The Bertz CT molecular complexity index is 569. The van der Waals surface area contributed by atoms with E-state index >= 15 is 0 Å². The van der Waals surface area contributed by atoms with Crippen molar-refractivity contribution in [3.63, 3.8) is 0 Å². The van der Waals surface area contributed by atoms with Gasteiger partial charge < -0.3 is 15.4 Å². The number of ether oxygens (including phenoxy) is 1. The second kappa shape index (κ2) is 7.42. The third-order valence-electron chi connectivity index (χ3n) is 2.95. The third-order valence-corrected chi connectivity index (χ3v) is 4.08. The van der Waals surface area contributed by atoms with Gasteiger partial charge in [-0.15, -0.1) is 0 Å². The smallest absolute Gasteiger partial charge is 0.315 e. The van der Waals surface area contributed by atoms with Gasteiger partial charge in [0.1, 0.15) is 0 Å². The molecular formula is C14H22N2O4S. The van der Waals surface area contributed by atoms with Crippen LogP contribution in [0.4, 0.5) is 4.79 Å². The van der Waals surface area contributed by atoms with Gasteiger partial charge in [0.25, 0.3) is 0 Å². The van der Waals surface area contributed by atoms with Crippen molar-refractivity contribution in [2.45, 2.75) is 30.8 Å². The van der Waals surface area contributed by atoms with Crippen LogP contribution in [0.15, 0.2) is 29.2 Å². The molecule has 0 aliphatic rings. The van der Waals surface area contributed by atoms with Crippen LogP contribution in [0.25, 0.3) is 0 Å². The van der Waals surface area contributed by atoms with Crippen LogP contribution >= 0.6 is 0 Å². The highest BCUT2D eigenvalue weighted by molar-refractivity contribution is 7.90. The average Bonchev–Trinajstić information content (AvgIpc) is 2.37. The Morgan fingerprint density at radius 3 is 2.24 bits per heavy atom. The summed E-state index contributed by atoms with van der Waals surface area (Å²) in [6.07, 6.45) is 1.16. The van der Waals surface area contributed by atoms with E-state index in [1.54, 1.807) is 19.2 Å². The number of benzene rings is 1. The molecule has 2 amide bonds. The van der Waals surface area contributed by atoms with Gasteiger partial charge in [-0.2, -0.15) is 0 Å². The Hall–Kier alpha value is -1.60. The first-order valence-corrected chi connectivity index (χ1v) is 8.49. The monoisotopic (exact) mass is 314 g/mol. The van der Waals surface area contributed by atoms with E-state index in [0.29, 0.717) is 6.61 Å². The van der Waals surface area contributed by atoms with E-state index in [1.165, 1.54) is 12.1 Å². The SMILES string of the molecule is COCC(C)NC(=O)NC(C)c1ccc(S(C)(=O)=O)cc1. The van der Waals surface area contributed by atoms with Crippen molar-refractivity contribution in [1.29, 1.82) is 0 Å². The Kier molecular flexibility index (Phi) is 6.17. The highest BCUT2D eigenvalue weighted by atomic mass is 32.2. The standard InChI is InChI=1S/C14H22N2O4S/c1-10(9-20-3)15-14(17)16-11(2)12-5-7-13(8-6-12)21(4,18)19/h5-8,10-11H,9H2,1-4H3,(H2,15,16,17). The van der Waals surface area contributed by atoms with Gasteiger partial charge in [-0.3, -0.25) is 0 Å². The number of hydrogen-bond acceptors (Lipinski definition) is 4. The first kappa shape index (κ1) is 17.5. The third kappa shape index (κ3) is 5.73. The number of urea groups is 1. The summed E-state index contributed by atoms with van der Waals surface area (Å²) in [6, 6.07) is 5.85. The molecule has 2 atom stereocenters. The number of sulfone groups is 1. The lowest BCUT2D eigenvalue weighted by atomic mass is 10.1. The Labute approximate surface area is 125 Å². The number of hydrogen-bond donors (Lipinski definition) is 2. The maximum absolute atomic E-state index is 11.8. The van der Waals surface area contributed by atoms with Crippen molar-refractivity contribution in [2.75, 3.05) is 20.0 Å². The molecule has 0 radical (unpaired) electrons. The quantitative estimate of drug-likeness (QED) is 0.833. The molecule has 0 aliphatic heterocycles. The van der Waals surface area contributed by atoms with Crippen molar-refractivity contribution in [3.8, 4) is 0 Å². The van der Waals surface area contributed by atoms with Crippen LogP contribution < -0.4 is 10.6 Å². The molecule has 0 saturated heterocycles.